The highest BCUT2D eigenvalue weighted by atomic mass is 79.9. The second kappa shape index (κ2) is 5.79. The van der Waals surface area contributed by atoms with E-state index in [1.807, 2.05) is 0 Å². The van der Waals surface area contributed by atoms with Crippen molar-refractivity contribution in [2.75, 3.05) is 0 Å². The third-order valence-electron chi connectivity index (χ3n) is 9.30. The zero-order valence-corrected chi connectivity index (χ0v) is 16.9. The predicted octanol–water partition coefficient (Wildman–Crippen LogP) is 3.50. The van der Waals surface area contributed by atoms with Crippen LogP contribution in [0.1, 0.15) is 57.8 Å². The molecule has 6 fully saturated rings. The molecule has 0 radical (unpaired) electrons. The summed E-state index contributed by atoms with van der Waals surface area (Å²) in [5.74, 6) is 3.61. The molecule has 10 atom stereocenters. The van der Waals surface area contributed by atoms with E-state index < -0.39 is 0 Å². The topological polar surface area (TPSA) is 49.4 Å². The third-order valence-corrected chi connectivity index (χ3v) is 10.0. The molecule has 0 spiro atoms. The second-order valence-corrected chi connectivity index (χ2v) is 10.7. The first-order chi connectivity index (χ1) is 12.7. The predicted molar refractivity (Wildman–Crippen MR) is 101 cm³/mol. The molecule has 0 bridgehead atoms. The number of carbonyl (C=O) groups excluding carboxylic acids is 2. The average Bonchev–Trinajstić information content (AvgIpc) is 3.29. The Morgan fingerprint density at radius 2 is 1.46 bits per heavy atom. The molecule has 2 amide bonds. The molecular formula is C21H29BrN2O2. The van der Waals surface area contributed by atoms with Gasteiger partial charge in [-0.15, -0.1) is 0 Å². The highest BCUT2D eigenvalue weighted by Gasteiger charge is 2.68. The molecule has 2 heterocycles. The van der Waals surface area contributed by atoms with Crippen LogP contribution in [0.25, 0.3) is 0 Å². The Bertz CT molecular complexity index is 600. The van der Waals surface area contributed by atoms with Crippen molar-refractivity contribution in [3.63, 3.8) is 0 Å². The van der Waals surface area contributed by atoms with Crippen molar-refractivity contribution in [3.05, 3.63) is 0 Å². The maximum Gasteiger partial charge on any atom is 0.243 e. The lowest BCUT2D eigenvalue weighted by Crippen LogP contribution is -2.52. The molecule has 1 N–H and O–H groups in total. The Labute approximate surface area is 164 Å². The van der Waals surface area contributed by atoms with Gasteiger partial charge in [0.25, 0.3) is 0 Å². The van der Waals surface area contributed by atoms with E-state index in [4.69, 9.17) is 0 Å². The quantitative estimate of drug-likeness (QED) is 0.481. The van der Waals surface area contributed by atoms with Gasteiger partial charge in [-0.1, -0.05) is 32.1 Å². The molecule has 4 nitrogen and oxygen atoms in total. The Morgan fingerprint density at radius 3 is 2.27 bits per heavy atom. The molecular weight excluding hydrogens is 392 g/mol. The van der Waals surface area contributed by atoms with Gasteiger partial charge in [-0.3, -0.25) is 9.59 Å². The maximum absolute atomic E-state index is 13.2. The maximum atomic E-state index is 13.2. The smallest absolute Gasteiger partial charge is 0.243 e. The minimum Gasteiger partial charge on any atom is -0.310 e. The number of nitrogens with one attached hydrogen (secondary N) is 1. The summed E-state index contributed by atoms with van der Waals surface area (Å²) in [5.41, 5.74) is 0. The van der Waals surface area contributed by atoms with E-state index in [1.54, 1.807) is 0 Å². The summed E-state index contributed by atoms with van der Waals surface area (Å²) < 4.78 is 1.33. The summed E-state index contributed by atoms with van der Waals surface area (Å²) in [6.45, 7) is 0. The van der Waals surface area contributed by atoms with E-state index in [0.717, 1.165) is 5.92 Å². The number of nitrogens with zero attached hydrogens (tertiary/aromatic N) is 1. The van der Waals surface area contributed by atoms with Crippen molar-refractivity contribution in [3.8, 4) is 0 Å². The van der Waals surface area contributed by atoms with E-state index in [0.29, 0.717) is 41.7 Å². The summed E-state index contributed by atoms with van der Waals surface area (Å²) >= 11 is 3.34. The van der Waals surface area contributed by atoms with Crippen LogP contribution in [0, 0.1) is 47.3 Å². The Morgan fingerprint density at radius 1 is 0.808 bits per heavy atom. The monoisotopic (exact) mass is 420 g/mol. The molecule has 6 rings (SSSR count). The van der Waals surface area contributed by atoms with Crippen LogP contribution >= 0.6 is 16.1 Å². The van der Waals surface area contributed by atoms with Gasteiger partial charge in [0.1, 0.15) is 0 Å². The van der Waals surface area contributed by atoms with E-state index >= 15 is 0 Å². The second-order valence-electron chi connectivity index (χ2n) is 10.0. The van der Waals surface area contributed by atoms with Gasteiger partial charge in [-0.25, -0.2) is 3.93 Å². The lowest BCUT2D eigenvalue weighted by Gasteiger charge is -2.45. The molecule has 0 aromatic rings. The fraction of sp³-hybridized carbons (Fsp3) is 0.905. The van der Waals surface area contributed by atoms with Gasteiger partial charge in [0, 0.05) is 12.1 Å². The highest BCUT2D eigenvalue weighted by molar-refractivity contribution is 9.08. The first-order valence-corrected chi connectivity index (χ1v) is 11.7. The fourth-order valence-electron chi connectivity index (χ4n) is 8.61. The third kappa shape index (κ3) is 2.00. The summed E-state index contributed by atoms with van der Waals surface area (Å²) in [6.07, 6.45) is 11.7. The molecule has 2 saturated heterocycles. The summed E-state index contributed by atoms with van der Waals surface area (Å²) in [7, 11) is 0. The highest BCUT2D eigenvalue weighted by Crippen LogP contribution is 2.64. The zero-order chi connectivity index (χ0) is 17.6. The standard InChI is InChI=1S/C21H29BrN2O2/c22-24-20(25)17-15-11-6-2-1-5-10(11)9-13(15)19-16(18(17)21(24)26)12-7-3-4-8-14(12)23-19/h10-19,23H,1-9H2. The van der Waals surface area contributed by atoms with Crippen molar-refractivity contribution in [2.45, 2.75) is 69.9 Å². The molecule has 5 heteroatoms. The van der Waals surface area contributed by atoms with Crippen molar-refractivity contribution in [1.82, 2.24) is 9.24 Å². The lowest BCUT2D eigenvalue weighted by atomic mass is 9.56. The Hall–Kier alpha value is -0.420. The number of hydrogen-bond donors (Lipinski definition) is 1. The zero-order valence-electron chi connectivity index (χ0n) is 15.3. The molecule has 0 aromatic carbocycles. The molecule has 2 aliphatic heterocycles. The van der Waals surface area contributed by atoms with Gasteiger partial charge >= 0.3 is 0 Å². The number of fused-ring (bicyclic) bond motifs is 10. The first-order valence-electron chi connectivity index (χ1n) is 11.0. The molecule has 26 heavy (non-hydrogen) atoms. The van der Waals surface area contributed by atoms with E-state index in [1.165, 1.54) is 61.7 Å². The van der Waals surface area contributed by atoms with Crippen LogP contribution in [0.3, 0.4) is 0 Å². The van der Waals surface area contributed by atoms with Crippen LogP contribution in [-0.4, -0.2) is 27.8 Å². The van der Waals surface area contributed by atoms with Crippen LogP contribution in [0.4, 0.5) is 0 Å². The van der Waals surface area contributed by atoms with Gasteiger partial charge in [0.05, 0.1) is 28.0 Å². The van der Waals surface area contributed by atoms with Crippen LogP contribution in [0.15, 0.2) is 0 Å². The van der Waals surface area contributed by atoms with Crippen molar-refractivity contribution < 1.29 is 9.59 Å². The van der Waals surface area contributed by atoms with Gasteiger partial charge in [0.2, 0.25) is 11.8 Å². The van der Waals surface area contributed by atoms with Gasteiger partial charge in [0.15, 0.2) is 0 Å². The summed E-state index contributed by atoms with van der Waals surface area (Å²) in [5, 5.41) is 4.04. The van der Waals surface area contributed by atoms with E-state index in [9.17, 15) is 9.59 Å². The average molecular weight is 421 g/mol. The number of halogens is 1. The van der Waals surface area contributed by atoms with Crippen LogP contribution in [-0.2, 0) is 9.59 Å². The molecule has 4 aliphatic carbocycles. The summed E-state index contributed by atoms with van der Waals surface area (Å²) in [6, 6.07) is 1.07. The molecule has 6 aliphatic rings. The first kappa shape index (κ1) is 16.5. The van der Waals surface area contributed by atoms with Gasteiger partial charge in [-0.05, 0) is 61.2 Å². The van der Waals surface area contributed by atoms with Gasteiger partial charge < -0.3 is 5.32 Å². The number of hydrogen-bond acceptors (Lipinski definition) is 3. The molecule has 10 unspecified atom stereocenters. The Kier molecular flexibility index (Phi) is 3.68. The van der Waals surface area contributed by atoms with Crippen molar-refractivity contribution >= 4 is 28.0 Å². The van der Waals surface area contributed by atoms with Crippen LogP contribution < -0.4 is 5.32 Å². The Balaban J connectivity index is 1.45. The van der Waals surface area contributed by atoms with Crippen LogP contribution in [0.5, 0.6) is 0 Å². The minimum absolute atomic E-state index is 0.0382. The van der Waals surface area contributed by atoms with Crippen molar-refractivity contribution in [2.24, 2.45) is 47.3 Å². The largest absolute Gasteiger partial charge is 0.310 e. The van der Waals surface area contributed by atoms with E-state index in [2.05, 4.69) is 21.5 Å². The molecule has 4 saturated carbocycles. The fourth-order valence-corrected chi connectivity index (χ4v) is 9.09. The normalized spacial score (nSPS) is 55.2. The number of rotatable bonds is 0. The number of carbonyl (C=O) groups is 2. The van der Waals surface area contributed by atoms with Crippen molar-refractivity contribution in [1.29, 1.82) is 0 Å². The van der Waals surface area contributed by atoms with Crippen LogP contribution in [0.2, 0.25) is 0 Å². The van der Waals surface area contributed by atoms with Gasteiger partial charge in [-0.2, -0.15) is 0 Å². The number of imide groups is 1. The molecule has 0 aromatic heterocycles. The van der Waals surface area contributed by atoms with E-state index in [-0.39, 0.29) is 23.7 Å². The number of amides is 2. The molecule has 142 valence electrons. The SMILES string of the molecule is O=C1C2C(C(=O)N1Br)C1C3CCCCC3NC1C1CC3CCCCC3C12. The summed E-state index contributed by atoms with van der Waals surface area (Å²) in [4.78, 5) is 26.3. The lowest BCUT2D eigenvalue weighted by molar-refractivity contribution is -0.133. The minimum atomic E-state index is -0.0607.